The Kier molecular flexibility index (Phi) is 5.79. The van der Waals surface area contributed by atoms with E-state index in [2.05, 4.69) is 10.4 Å². The van der Waals surface area contributed by atoms with Gasteiger partial charge in [-0.25, -0.2) is 11.0 Å². The number of amidine groups is 1. The average Bonchev–Trinajstić information content (AvgIpc) is 2.56. The quantitative estimate of drug-likeness (QED) is 0.265. The summed E-state index contributed by atoms with van der Waals surface area (Å²) in [5.74, 6) is 6.68. The van der Waals surface area contributed by atoms with Crippen LogP contribution in [0.3, 0.4) is 0 Å². The van der Waals surface area contributed by atoms with E-state index in [9.17, 15) is 0 Å². The van der Waals surface area contributed by atoms with E-state index >= 15 is 0 Å². The van der Waals surface area contributed by atoms with E-state index in [0.29, 0.717) is 0 Å². The molecular formula is C16H21N5O2. The predicted octanol–water partition coefficient (Wildman–Crippen LogP) is 1.23. The summed E-state index contributed by atoms with van der Waals surface area (Å²) in [6, 6.07) is 15.1. The predicted molar refractivity (Wildman–Crippen MR) is 91.4 cm³/mol. The summed E-state index contributed by atoms with van der Waals surface area (Å²) >= 11 is 0. The van der Waals surface area contributed by atoms with E-state index in [1.807, 2.05) is 48.5 Å². The maximum absolute atomic E-state index is 8.86. The third-order valence-electron chi connectivity index (χ3n) is 3.14. The maximum Gasteiger partial charge on any atom is 0.154 e. The molecule has 2 aromatic carbocycles. The second kappa shape index (κ2) is 8.02. The first kappa shape index (κ1) is 16.6. The Bertz CT molecular complexity index is 658. The summed E-state index contributed by atoms with van der Waals surface area (Å²) in [5.41, 5.74) is 8.43. The second-order valence-electron chi connectivity index (χ2n) is 4.77. The zero-order valence-electron chi connectivity index (χ0n) is 12.9. The molecule has 2 rings (SSSR count). The van der Waals surface area contributed by atoms with Crippen LogP contribution in [0.5, 0.6) is 5.75 Å². The first-order chi connectivity index (χ1) is 11.1. The van der Waals surface area contributed by atoms with E-state index in [0.717, 1.165) is 27.8 Å². The van der Waals surface area contributed by atoms with Crippen LogP contribution in [0.4, 0.5) is 11.4 Å². The van der Waals surface area contributed by atoms with E-state index in [4.69, 9.17) is 21.4 Å². The lowest BCUT2D eigenvalue weighted by Crippen LogP contribution is -2.32. The molecule has 122 valence electrons. The minimum absolute atomic E-state index is 0.0982. The number of nitrogens with one attached hydrogen (secondary N) is 1. The van der Waals surface area contributed by atoms with Gasteiger partial charge >= 0.3 is 0 Å². The highest BCUT2D eigenvalue weighted by atomic mass is 16.5. The van der Waals surface area contributed by atoms with Crippen molar-refractivity contribution < 1.29 is 9.84 Å². The van der Waals surface area contributed by atoms with E-state index < -0.39 is 0 Å². The first-order valence-corrected chi connectivity index (χ1v) is 7.11. The molecule has 0 unspecified atom stereocenters. The highest BCUT2D eigenvalue weighted by Gasteiger charge is 2.07. The molecule has 0 saturated heterocycles. The van der Waals surface area contributed by atoms with Crippen LogP contribution < -0.4 is 21.6 Å². The summed E-state index contributed by atoms with van der Waals surface area (Å²) in [7, 11) is 1.62. The monoisotopic (exact) mass is 315 g/mol. The SMILES string of the molecule is COc1ccc(Nc2ccccc2/C(N)=N/N(N)CCO)cc1. The van der Waals surface area contributed by atoms with Crippen molar-refractivity contribution in [1.29, 1.82) is 0 Å². The summed E-state index contributed by atoms with van der Waals surface area (Å²) in [6.07, 6.45) is 0. The molecule has 0 heterocycles. The Labute approximate surface area is 135 Å². The van der Waals surface area contributed by atoms with Gasteiger partial charge in [0.1, 0.15) is 5.75 Å². The number of benzene rings is 2. The number of rotatable bonds is 7. The smallest absolute Gasteiger partial charge is 0.154 e. The van der Waals surface area contributed by atoms with E-state index in [1.54, 1.807) is 7.11 Å². The number of aliphatic hydroxyl groups is 1. The molecule has 0 amide bonds. The summed E-state index contributed by atoms with van der Waals surface area (Å²) in [5, 5.41) is 17.3. The largest absolute Gasteiger partial charge is 0.497 e. The number of hydrazine groups is 1. The minimum atomic E-state index is -0.0982. The normalized spacial score (nSPS) is 11.2. The van der Waals surface area contributed by atoms with Crippen molar-refractivity contribution in [2.45, 2.75) is 0 Å². The van der Waals surface area contributed by atoms with Crippen molar-refractivity contribution in [3.8, 4) is 5.75 Å². The average molecular weight is 315 g/mol. The molecule has 0 saturated carbocycles. The molecule has 0 aliphatic rings. The Balaban J connectivity index is 2.22. The second-order valence-corrected chi connectivity index (χ2v) is 4.77. The van der Waals surface area contributed by atoms with Crippen molar-refractivity contribution in [3.63, 3.8) is 0 Å². The molecule has 0 atom stereocenters. The van der Waals surface area contributed by atoms with Gasteiger partial charge in [0.15, 0.2) is 5.84 Å². The molecular weight excluding hydrogens is 294 g/mol. The highest BCUT2D eigenvalue weighted by Crippen LogP contribution is 2.22. The molecule has 0 spiro atoms. The summed E-state index contributed by atoms with van der Waals surface area (Å²) < 4.78 is 5.14. The minimum Gasteiger partial charge on any atom is -0.497 e. The fourth-order valence-corrected chi connectivity index (χ4v) is 1.99. The van der Waals surface area contributed by atoms with Gasteiger partial charge in [0.2, 0.25) is 0 Å². The highest BCUT2D eigenvalue weighted by molar-refractivity contribution is 6.02. The third-order valence-corrected chi connectivity index (χ3v) is 3.14. The van der Waals surface area contributed by atoms with Crippen LogP contribution in [-0.2, 0) is 0 Å². The lowest BCUT2D eigenvalue weighted by Gasteiger charge is -2.15. The van der Waals surface area contributed by atoms with Crippen LogP contribution in [0, 0.1) is 0 Å². The number of nitrogens with two attached hydrogens (primary N) is 2. The van der Waals surface area contributed by atoms with Gasteiger partial charge in [0.25, 0.3) is 0 Å². The molecule has 7 heteroatoms. The topological polar surface area (TPSA) is 109 Å². The number of aliphatic hydroxyl groups excluding tert-OH is 1. The van der Waals surface area contributed by atoms with Crippen molar-refractivity contribution >= 4 is 17.2 Å². The zero-order chi connectivity index (χ0) is 16.7. The summed E-state index contributed by atoms with van der Waals surface area (Å²) in [4.78, 5) is 0. The molecule has 0 radical (unpaired) electrons. The van der Waals surface area contributed by atoms with Crippen LogP contribution in [0.2, 0.25) is 0 Å². The van der Waals surface area contributed by atoms with Crippen molar-refractivity contribution in [1.82, 2.24) is 5.12 Å². The number of hydrazone groups is 1. The fourth-order valence-electron chi connectivity index (χ4n) is 1.99. The number of hydrogen-bond acceptors (Lipinski definition) is 6. The van der Waals surface area contributed by atoms with E-state index in [-0.39, 0.29) is 19.0 Å². The Morgan fingerprint density at radius 2 is 1.91 bits per heavy atom. The number of nitrogens with zero attached hydrogens (tertiary/aromatic N) is 2. The Hall–Kier alpha value is -2.77. The van der Waals surface area contributed by atoms with Gasteiger partial charge in [0, 0.05) is 16.9 Å². The Morgan fingerprint density at radius 1 is 1.22 bits per heavy atom. The van der Waals surface area contributed by atoms with Crippen LogP contribution in [0.1, 0.15) is 5.56 Å². The zero-order valence-corrected chi connectivity index (χ0v) is 12.9. The third kappa shape index (κ3) is 4.60. The van der Waals surface area contributed by atoms with Crippen LogP contribution in [0.15, 0.2) is 53.6 Å². The molecule has 23 heavy (non-hydrogen) atoms. The van der Waals surface area contributed by atoms with Crippen LogP contribution >= 0.6 is 0 Å². The number of methoxy groups -OCH3 is 1. The molecule has 2 aromatic rings. The molecule has 0 aliphatic heterocycles. The van der Waals surface area contributed by atoms with Gasteiger partial charge in [-0.05, 0) is 36.4 Å². The van der Waals surface area contributed by atoms with Crippen molar-refractivity contribution in [3.05, 3.63) is 54.1 Å². The lowest BCUT2D eigenvalue weighted by atomic mass is 10.1. The van der Waals surface area contributed by atoms with Gasteiger partial charge in [-0.2, -0.15) is 0 Å². The first-order valence-electron chi connectivity index (χ1n) is 7.11. The number of hydrogen-bond donors (Lipinski definition) is 4. The summed E-state index contributed by atoms with van der Waals surface area (Å²) in [6.45, 7) is 0.105. The van der Waals surface area contributed by atoms with Crippen molar-refractivity contribution in [2.24, 2.45) is 16.7 Å². The number of para-hydroxylation sites is 1. The Morgan fingerprint density at radius 3 is 2.57 bits per heavy atom. The van der Waals surface area contributed by atoms with Gasteiger partial charge in [0.05, 0.1) is 20.3 Å². The lowest BCUT2D eigenvalue weighted by molar-refractivity contribution is 0.204. The molecule has 0 fully saturated rings. The molecule has 0 bridgehead atoms. The van der Waals surface area contributed by atoms with Gasteiger partial charge in [-0.3, -0.25) is 0 Å². The molecule has 7 nitrogen and oxygen atoms in total. The van der Waals surface area contributed by atoms with Gasteiger partial charge < -0.3 is 20.9 Å². The van der Waals surface area contributed by atoms with Gasteiger partial charge in [-0.1, -0.05) is 12.1 Å². The maximum atomic E-state index is 8.86. The van der Waals surface area contributed by atoms with Crippen LogP contribution in [0.25, 0.3) is 0 Å². The number of anilines is 2. The van der Waals surface area contributed by atoms with Gasteiger partial charge in [-0.15, -0.1) is 5.10 Å². The van der Waals surface area contributed by atoms with E-state index in [1.165, 1.54) is 0 Å². The standard InChI is InChI=1S/C16H21N5O2/c1-23-13-8-6-12(7-9-13)19-15-5-3-2-4-14(15)16(17)20-21(18)10-11-22/h2-9,19,22H,10-11,18H2,1H3,(H2,17,20). The fraction of sp³-hybridized carbons (Fsp3) is 0.188. The van der Waals surface area contributed by atoms with Crippen molar-refractivity contribution in [2.75, 3.05) is 25.6 Å². The molecule has 0 aliphatic carbocycles. The number of ether oxygens (including phenoxy) is 1. The molecule has 6 N–H and O–H groups in total. The molecule has 0 aromatic heterocycles. The van der Waals surface area contributed by atoms with Crippen LogP contribution in [-0.4, -0.2) is 36.3 Å².